The number of guanidine groups is 1. The van der Waals surface area contributed by atoms with Crippen LogP contribution in [0.1, 0.15) is 23.1 Å². The maximum atomic E-state index is 5.18. The fourth-order valence-electron chi connectivity index (χ4n) is 2.50. The summed E-state index contributed by atoms with van der Waals surface area (Å²) in [5.41, 5.74) is 3.90. The standard InChI is InChI=1S/C20H27N3O.HI/c1-16-7-4-5-9-18(16)15-23-20(21-2)22-14-6-8-17-10-12-19(24-3)13-11-17;/h4-5,7,9-13H,6,8,14-15H2,1-3H3,(H2,21,22,23);1H. The summed E-state index contributed by atoms with van der Waals surface area (Å²) in [5, 5.41) is 6.73. The van der Waals surface area contributed by atoms with Gasteiger partial charge in [0.15, 0.2) is 5.96 Å². The van der Waals surface area contributed by atoms with Gasteiger partial charge in [0.2, 0.25) is 0 Å². The molecule has 0 atom stereocenters. The third-order valence-corrected chi connectivity index (χ3v) is 4.02. The minimum atomic E-state index is 0. The van der Waals surface area contributed by atoms with Crippen molar-refractivity contribution in [1.82, 2.24) is 10.6 Å². The first-order valence-corrected chi connectivity index (χ1v) is 8.35. The van der Waals surface area contributed by atoms with Crippen LogP contribution < -0.4 is 15.4 Å². The van der Waals surface area contributed by atoms with E-state index in [1.807, 2.05) is 12.1 Å². The lowest BCUT2D eigenvalue weighted by Gasteiger charge is -2.13. The van der Waals surface area contributed by atoms with Gasteiger partial charge >= 0.3 is 0 Å². The highest BCUT2D eigenvalue weighted by Crippen LogP contribution is 2.12. The van der Waals surface area contributed by atoms with Gasteiger partial charge in [0, 0.05) is 20.1 Å². The van der Waals surface area contributed by atoms with Gasteiger partial charge < -0.3 is 15.4 Å². The smallest absolute Gasteiger partial charge is 0.191 e. The zero-order valence-electron chi connectivity index (χ0n) is 15.2. The average molecular weight is 453 g/mol. The summed E-state index contributed by atoms with van der Waals surface area (Å²) in [6.45, 7) is 3.80. The molecule has 4 nitrogen and oxygen atoms in total. The Labute approximate surface area is 168 Å². The average Bonchev–Trinajstić information content (AvgIpc) is 2.63. The second-order valence-electron chi connectivity index (χ2n) is 5.73. The van der Waals surface area contributed by atoms with Gasteiger partial charge in [-0.25, -0.2) is 0 Å². The highest BCUT2D eigenvalue weighted by atomic mass is 127. The third-order valence-electron chi connectivity index (χ3n) is 4.02. The van der Waals surface area contributed by atoms with E-state index in [9.17, 15) is 0 Å². The molecule has 0 unspecified atom stereocenters. The molecule has 0 amide bonds. The van der Waals surface area contributed by atoms with E-state index in [2.05, 4.69) is 58.9 Å². The number of rotatable bonds is 7. The molecule has 2 N–H and O–H groups in total. The van der Waals surface area contributed by atoms with Gasteiger partial charge in [-0.3, -0.25) is 4.99 Å². The number of aliphatic imine (C=N–C) groups is 1. The van der Waals surface area contributed by atoms with Crippen molar-refractivity contribution in [1.29, 1.82) is 0 Å². The molecule has 5 heteroatoms. The molecule has 0 aliphatic rings. The molecule has 0 radical (unpaired) electrons. The molecule has 2 aromatic rings. The molecule has 0 spiro atoms. The van der Waals surface area contributed by atoms with Crippen LogP contribution in [-0.2, 0) is 13.0 Å². The van der Waals surface area contributed by atoms with Crippen LogP contribution >= 0.6 is 24.0 Å². The zero-order valence-corrected chi connectivity index (χ0v) is 17.5. The first kappa shape index (κ1) is 21.3. The van der Waals surface area contributed by atoms with Crippen molar-refractivity contribution in [2.75, 3.05) is 20.7 Å². The van der Waals surface area contributed by atoms with E-state index in [1.54, 1.807) is 14.2 Å². The van der Waals surface area contributed by atoms with Crippen LogP contribution in [0, 0.1) is 6.92 Å². The predicted molar refractivity (Wildman–Crippen MR) is 116 cm³/mol. The number of nitrogens with zero attached hydrogens (tertiary/aromatic N) is 1. The SMILES string of the molecule is CN=C(NCCCc1ccc(OC)cc1)NCc1ccccc1C.I. The lowest BCUT2D eigenvalue weighted by atomic mass is 10.1. The predicted octanol–water partition coefficient (Wildman–Crippen LogP) is 3.92. The Bertz CT molecular complexity index is 656. The Kier molecular flexibility index (Phi) is 9.99. The molecule has 0 bridgehead atoms. The van der Waals surface area contributed by atoms with Crippen molar-refractivity contribution in [2.24, 2.45) is 4.99 Å². The molecule has 2 aromatic carbocycles. The summed E-state index contributed by atoms with van der Waals surface area (Å²) in [6.07, 6.45) is 2.09. The molecule has 0 fully saturated rings. The number of benzene rings is 2. The van der Waals surface area contributed by atoms with Crippen LogP contribution in [0.25, 0.3) is 0 Å². The van der Waals surface area contributed by atoms with Crippen LogP contribution in [-0.4, -0.2) is 26.7 Å². The van der Waals surface area contributed by atoms with Crippen LogP contribution in [0.5, 0.6) is 5.75 Å². The second kappa shape index (κ2) is 11.7. The second-order valence-corrected chi connectivity index (χ2v) is 5.73. The number of nitrogens with one attached hydrogen (secondary N) is 2. The van der Waals surface area contributed by atoms with E-state index in [-0.39, 0.29) is 24.0 Å². The van der Waals surface area contributed by atoms with Crippen LogP contribution in [0.3, 0.4) is 0 Å². The van der Waals surface area contributed by atoms with Gasteiger partial charge in [0.1, 0.15) is 5.75 Å². The van der Waals surface area contributed by atoms with Gasteiger partial charge in [-0.15, -0.1) is 24.0 Å². The molecule has 0 aliphatic carbocycles. The van der Waals surface area contributed by atoms with Crippen LogP contribution in [0.4, 0.5) is 0 Å². The lowest BCUT2D eigenvalue weighted by molar-refractivity contribution is 0.414. The van der Waals surface area contributed by atoms with Crippen LogP contribution in [0.2, 0.25) is 0 Å². The van der Waals surface area contributed by atoms with Crippen LogP contribution in [0.15, 0.2) is 53.5 Å². The van der Waals surface area contributed by atoms with E-state index < -0.39 is 0 Å². The molecule has 25 heavy (non-hydrogen) atoms. The number of hydrogen-bond donors (Lipinski definition) is 2. The van der Waals surface area contributed by atoms with E-state index in [0.29, 0.717) is 0 Å². The molecule has 136 valence electrons. The number of aryl methyl sites for hydroxylation is 2. The van der Waals surface area contributed by atoms with Crippen molar-refractivity contribution < 1.29 is 4.74 Å². The summed E-state index contributed by atoms with van der Waals surface area (Å²) in [7, 11) is 3.49. The normalized spacial score (nSPS) is 10.8. The zero-order chi connectivity index (χ0) is 17.2. The number of ether oxygens (including phenoxy) is 1. The maximum absolute atomic E-state index is 5.18. The highest BCUT2D eigenvalue weighted by molar-refractivity contribution is 14.0. The van der Waals surface area contributed by atoms with Gasteiger partial charge in [-0.1, -0.05) is 36.4 Å². The fourth-order valence-corrected chi connectivity index (χ4v) is 2.50. The van der Waals surface area contributed by atoms with Crippen molar-refractivity contribution in [3.63, 3.8) is 0 Å². The van der Waals surface area contributed by atoms with E-state index in [4.69, 9.17) is 4.74 Å². The largest absolute Gasteiger partial charge is 0.497 e. The maximum Gasteiger partial charge on any atom is 0.191 e. The first-order valence-electron chi connectivity index (χ1n) is 8.35. The minimum Gasteiger partial charge on any atom is -0.497 e. The summed E-state index contributed by atoms with van der Waals surface area (Å²) in [6, 6.07) is 16.6. The number of hydrogen-bond acceptors (Lipinski definition) is 2. The molecular formula is C20H28IN3O. The molecule has 0 aromatic heterocycles. The molecular weight excluding hydrogens is 425 g/mol. The monoisotopic (exact) mass is 453 g/mol. The quantitative estimate of drug-likeness (QED) is 0.289. The Balaban J connectivity index is 0.00000312. The fraction of sp³-hybridized carbons (Fsp3) is 0.350. The number of halogens is 1. The molecule has 0 heterocycles. The van der Waals surface area contributed by atoms with Gasteiger partial charge in [-0.05, 0) is 48.6 Å². The Morgan fingerprint density at radius 2 is 1.76 bits per heavy atom. The van der Waals surface area contributed by atoms with Gasteiger partial charge in [0.05, 0.1) is 7.11 Å². The summed E-state index contributed by atoms with van der Waals surface area (Å²) < 4.78 is 5.18. The van der Waals surface area contributed by atoms with Crippen molar-refractivity contribution >= 4 is 29.9 Å². The molecule has 2 rings (SSSR count). The highest BCUT2D eigenvalue weighted by Gasteiger charge is 2.01. The Morgan fingerprint density at radius 3 is 2.40 bits per heavy atom. The van der Waals surface area contributed by atoms with E-state index in [0.717, 1.165) is 37.6 Å². The third kappa shape index (κ3) is 7.34. The summed E-state index contributed by atoms with van der Waals surface area (Å²) in [4.78, 5) is 4.28. The molecule has 0 saturated carbocycles. The summed E-state index contributed by atoms with van der Waals surface area (Å²) >= 11 is 0. The number of methoxy groups -OCH3 is 1. The topological polar surface area (TPSA) is 45.7 Å². The van der Waals surface area contributed by atoms with E-state index >= 15 is 0 Å². The molecule has 0 aliphatic heterocycles. The Hall–Kier alpha value is -1.76. The van der Waals surface area contributed by atoms with Crippen molar-refractivity contribution in [3.8, 4) is 5.75 Å². The summed E-state index contributed by atoms with van der Waals surface area (Å²) in [5.74, 6) is 1.74. The van der Waals surface area contributed by atoms with Crippen molar-refractivity contribution in [2.45, 2.75) is 26.3 Å². The minimum absolute atomic E-state index is 0. The van der Waals surface area contributed by atoms with Crippen molar-refractivity contribution in [3.05, 3.63) is 65.2 Å². The first-order chi connectivity index (χ1) is 11.7. The Morgan fingerprint density at radius 1 is 1.04 bits per heavy atom. The lowest BCUT2D eigenvalue weighted by Crippen LogP contribution is -2.37. The van der Waals surface area contributed by atoms with E-state index in [1.165, 1.54) is 16.7 Å². The van der Waals surface area contributed by atoms with Gasteiger partial charge in [-0.2, -0.15) is 0 Å². The molecule has 0 saturated heterocycles. The van der Waals surface area contributed by atoms with Gasteiger partial charge in [0.25, 0.3) is 0 Å².